The molecule has 0 unspecified atom stereocenters. The van der Waals surface area contributed by atoms with Crippen molar-refractivity contribution in [3.8, 4) is 0 Å². The van der Waals surface area contributed by atoms with Crippen LogP contribution in [-0.4, -0.2) is 40.1 Å². The minimum absolute atomic E-state index is 0.0566. The molecule has 0 bridgehead atoms. The van der Waals surface area contributed by atoms with Gasteiger partial charge in [0.05, 0.1) is 6.42 Å². The third-order valence-electron chi connectivity index (χ3n) is 2.75. The van der Waals surface area contributed by atoms with E-state index in [1.54, 1.807) is 0 Å². The summed E-state index contributed by atoms with van der Waals surface area (Å²) in [6, 6.07) is 0. The lowest BCUT2D eigenvalue weighted by Crippen LogP contribution is -2.32. The first-order valence-electron chi connectivity index (χ1n) is 6.75. The van der Waals surface area contributed by atoms with E-state index in [4.69, 9.17) is 4.84 Å². The van der Waals surface area contributed by atoms with Crippen molar-refractivity contribution < 1.29 is 24.0 Å². The normalized spacial score (nSPS) is 14.9. The number of carbonyl (C=O) groups is 4. The second-order valence-electron chi connectivity index (χ2n) is 4.81. The Morgan fingerprint density at radius 3 is 2.14 bits per heavy atom. The van der Waals surface area contributed by atoms with Crippen LogP contribution < -0.4 is 0 Å². The van der Waals surface area contributed by atoms with Gasteiger partial charge in [-0.2, -0.15) is 0 Å². The van der Waals surface area contributed by atoms with Gasteiger partial charge in [0, 0.05) is 36.7 Å². The number of ketones is 1. The fourth-order valence-electron chi connectivity index (χ4n) is 1.48. The first-order chi connectivity index (χ1) is 9.91. The van der Waals surface area contributed by atoms with Crippen molar-refractivity contribution in [2.24, 2.45) is 5.92 Å². The average molecular weight is 333 g/mol. The minimum Gasteiger partial charge on any atom is -0.330 e. The van der Waals surface area contributed by atoms with Gasteiger partial charge in [-0.1, -0.05) is 35.4 Å². The maximum absolute atomic E-state index is 11.5. The zero-order chi connectivity index (χ0) is 15.8. The van der Waals surface area contributed by atoms with E-state index in [9.17, 15) is 19.2 Å². The zero-order valence-electron chi connectivity index (χ0n) is 12.1. The number of nitrogens with zero attached hydrogens (tertiary/aromatic N) is 1. The van der Waals surface area contributed by atoms with Crippen LogP contribution in [0.4, 0.5) is 0 Å². The summed E-state index contributed by atoms with van der Waals surface area (Å²) in [6.45, 7) is 3.74. The molecule has 0 aromatic carbocycles. The highest BCUT2D eigenvalue weighted by molar-refractivity contribution is 8.76. The zero-order valence-corrected chi connectivity index (χ0v) is 13.8. The molecule has 118 valence electrons. The van der Waals surface area contributed by atoms with Crippen molar-refractivity contribution in [2.45, 2.75) is 39.5 Å². The van der Waals surface area contributed by atoms with Crippen molar-refractivity contribution in [1.29, 1.82) is 0 Å². The van der Waals surface area contributed by atoms with Crippen molar-refractivity contribution >= 4 is 45.2 Å². The second kappa shape index (κ2) is 9.09. The average Bonchev–Trinajstić information content (AvgIpc) is 2.74. The molecule has 0 aromatic rings. The SMILES string of the molecule is CC(C)C(=O)CCSSCCC(=O)ON1C(=O)CCC1=O. The molecule has 0 atom stereocenters. The Morgan fingerprint density at radius 2 is 1.62 bits per heavy atom. The molecular weight excluding hydrogens is 314 g/mol. The summed E-state index contributed by atoms with van der Waals surface area (Å²) in [5, 5.41) is 0.557. The molecule has 1 aliphatic heterocycles. The largest absolute Gasteiger partial charge is 0.334 e. The molecule has 0 N–H and O–H groups in total. The van der Waals surface area contributed by atoms with Gasteiger partial charge < -0.3 is 4.84 Å². The Balaban J connectivity index is 2.07. The van der Waals surface area contributed by atoms with Gasteiger partial charge in [-0.3, -0.25) is 14.4 Å². The Labute approximate surface area is 131 Å². The molecule has 0 saturated carbocycles. The molecular formula is C13H19NO5S2. The van der Waals surface area contributed by atoms with Crippen molar-refractivity contribution in [3.63, 3.8) is 0 Å². The van der Waals surface area contributed by atoms with Crippen LogP contribution in [0.15, 0.2) is 0 Å². The Hall–Kier alpha value is -1.02. The van der Waals surface area contributed by atoms with Gasteiger partial charge in [-0.15, -0.1) is 5.06 Å². The van der Waals surface area contributed by atoms with E-state index in [-0.39, 0.29) is 31.0 Å². The predicted octanol–water partition coefficient (Wildman–Crippen LogP) is 1.98. The highest BCUT2D eigenvalue weighted by Gasteiger charge is 2.32. The fraction of sp³-hybridized carbons (Fsp3) is 0.692. The van der Waals surface area contributed by atoms with E-state index >= 15 is 0 Å². The number of hydrogen-bond acceptors (Lipinski definition) is 7. The highest BCUT2D eigenvalue weighted by atomic mass is 33.1. The molecule has 0 radical (unpaired) electrons. The second-order valence-corrected chi connectivity index (χ2v) is 7.51. The lowest BCUT2D eigenvalue weighted by molar-refractivity contribution is -0.197. The number of rotatable bonds is 9. The molecule has 21 heavy (non-hydrogen) atoms. The van der Waals surface area contributed by atoms with E-state index in [0.717, 1.165) is 0 Å². The fourth-order valence-corrected chi connectivity index (χ4v) is 3.46. The summed E-state index contributed by atoms with van der Waals surface area (Å²) in [6.07, 6.45) is 0.838. The Morgan fingerprint density at radius 1 is 1.10 bits per heavy atom. The summed E-state index contributed by atoms with van der Waals surface area (Å²) in [4.78, 5) is 50.1. The number of amides is 2. The van der Waals surface area contributed by atoms with Crippen molar-refractivity contribution in [1.82, 2.24) is 5.06 Å². The van der Waals surface area contributed by atoms with Crippen LogP contribution in [0, 0.1) is 5.92 Å². The maximum Gasteiger partial charge on any atom is 0.334 e. The van der Waals surface area contributed by atoms with Crippen LogP contribution in [0.25, 0.3) is 0 Å². The molecule has 0 spiro atoms. The molecule has 1 rings (SSSR count). The molecule has 1 fully saturated rings. The molecule has 0 aromatic heterocycles. The van der Waals surface area contributed by atoms with Gasteiger partial charge in [0.25, 0.3) is 11.8 Å². The van der Waals surface area contributed by atoms with Crippen LogP contribution in [0.2, 0.25) is 0 Å². The molecule has 0 aliphatic carbocycles. The smallest absolute Gasteiger partial charge is 0.330 e. The van der Waals surface area contributed by atoms with Crippen molar-refractivity contribution in [2.75, 3.05) is 11.5 Å². The van der Waals surface area contributed by atoms with Crippen LogP contribution in [0.3, 0.4) is 0 Å². The quantitative estimate of drug-likeness (QED) is 0.362. The molecule has 2 amide bonds. The van der Waals surface area contributed by atoms with E-state index < -0.39 is 17.8 Å². The lowest BCUT2D eigenvalue weighted by atomic mass is 10.1. The van der Waals surface area contributed by atoms with Gasteiger partial charge in [0.15, 0.2) is 0 Å². The van der Waals surface area contributed by atoms with Crippen LogP contribution in [0.1, 0.15) is 39.5 Å². The van der Waals surface area contributed by atoms with Gasteiger partial charge >= 0.3 is 5.97 Å². The summed E-state index contributed by atoms with van der Waals surface area (Å²) in [5.41, 5.74) is 0. The maximum atomic E-state index is 11.5. The van der Waals surface area contributed by atoms with Gasteiger partial charge in [0.2, 0.25) is 0 Å². The van der Waals surface area contributed by atoms with E-state index in [2.05, 4.69) is 0 Å². The summed E-state index contributed by atoms with van der Waals surface area (Å²) < 4.78 is 0. The highest BCUT2D eigenvalue weighted by Crippen LogP contribution is 2.23. The first-order valence-corrected chi connectivity index (χ1v) is 9.24. The minimum atomic E-state index is -0.593. The third-order valence-corrected chi connectivity index (χ3v) is 5.16. The van der Waals surface area contributed by atoms with Gasteiger partial charge in [-0.05, 0) is 0 Å². The summed E-state index contributed by atoms with van der Waals surface area (Å²) in [7, 11) is 3.00. The standard InChI is InChI=1S/C13H19NO5S2/c1-9(2)10(15)5-7-20-21-8-6-13(18)19-14-11(16)3-4-12(14)17/h9H,3-8H2,1-2H3. The number of imide groups is 1. The number of hydrogen-bond donors (Lipinski definition) is 0. The van der Waals surface area contributed by atoms with Crippen LogP contribution in [0.5, 0.6) is 0 Å². The molecule has 1 aliphatic rings. The summed E-state index contributed by atoms with van der Waals surface area (Å²) in [5.74, 6) is -0.0279. The molecule has 6 nitrogen and oxygen atoms in total. The van der Waals surface area contributed by atoms with E-state index in [1.807, 2.05) is 13.8 Å². The van der Waals surface area contributed by atoms with Gasteiger partial charge in [0.1, 0.15) is 5.78 Å². The van der Waals surface area contributed by atoms with Gasteiger partial charge in [-0.25, -0.2) is 4.79 Å². The Bertz CT molecular complexity index is 409. The van der Waals surface area contributed by atoms with Crippen LogP contribution in [-0.2, 0) is 24.0 Å². The molecule has 1 saturated heterocycles. The number of hydroxylamine groups is 2. The monoisotopic (exact) mass is 333 g/mol. The third kappa shape index (κ3) is 6.52. The predicted molar refractivity (Wildman–Crippen MR) is 81.2 cm³/mol. The lowest BCUT2D eigenvalue weighted by Gasteiger charge is -2.12. The van der Waals surface area contributed by atoms with Crippen LogP contribution >= 0.6 is 21.6 Å². The van der Waals surface area contributed by atoms with E-state index in [1.165, 1.54) is 21.6 Å². The van der Waals surface area contributed by atoms with E-state index in [0.29, 0.717) is 23.0 Å². The number of Topliss-reactive ketones (excluding diaryl/α,β-unsaturated/α-hetero) is 1. The molecule has 1 heterocycles. The number of carbonyl (C=O) groups excluding carboxylic acids is 4. The Kier molecular flexibility index (Phi) is 7.81. The molecule has 8 heteroatoms. The van der Waals surface area contributed by atoms with Crippen molar-refractivity contribution in [3.05, 3.63) is 0 Å². The first kappa shape index (κ1) is 18.0. The topological polar surface area (TPSA) is 80.8 Å². The summed E-state index contributed by atoms with van der Waals surface area (Å²) >= 11 is 0.